The number of terminal acetylenes is 1. The lowest BCUT2D eigenvalue weighted by Gasteiger charge is -2.15. The smallest absolute Gasteiger partial charge is 0.242 e. The summed E-state index contributed by atoms with van der Waals surface area (Å²) in [6.07, 6.45) is 5.08. The number of methoxy groups -OCH3 is 1. The molecule has 0 aromatic heterocycles. The summed E-state index contributed by atoms with van der Waals surface area (Å²) in [6.45, 7) is 1.99. The summed E-state index contributed by atoms with van der Waals surface area (Å²) in [6, 6.07) is 5.15. The van der Waals surface area contributed by atoms with E-state index < -0.39 is 0 Å². The zero-order chi connectivity index (χ0) is 13.5. The minimum atomic E-state index is -0.377. The lowest BCUT2D eigenvalue weighted by atomic mass is 10.2. The highest BCUT2D eigenvalue weighted by Crippen LogP contribution is 2.24. The summed E-state index contributed by atoms with van der Waals surface area (Å²) >= 11 is 3.38. The van der Waals surface area contributed by atoms with Gasteiger partial charge in [0.15, 0.2) is 0 Å². The molecule has 4 nitrogen and oxygen atoms in total. The van der Waals surface area contributed by atoms with Crippen molar-refractivity contribution >= 4 is 27.5 Å². The molecule has 0 spiro atoms. The molecule has 5 heteroatoms. The first-order valence-corrected chi connectivity index (χ1v) is 6.18. The van der Waals surface area contributed by atoms with Gasteiger partial charge in [0, 0.05) is 16.2 Å². The van der Waals surface area contributed by atoms with E-state index in [9.17, 15) is 4.79 Å². The minimum Gasteiger partial charge on any atom is -0.497 e. The SMILES string of the molecule is C#CCNC(=O)C(C)Nc1cc(Br)cc(OC)c1. The Kier molecular flexibility index (Phi) is 5.53. The van der Waals surface area contributed by atoms with E-state index in [0.717, 1.165) is 10.2 Å². The zero-order valence-electron chi connectivity index (χ0n) is 10.3. The minimum absolute atomic E-state index is 0.146. The van der Waals surface area contributed by atoms with Crippen LogP contribution in [0.4, 0.5) is 5.69 Å². The van der Waals surface area contributed by atoms with E-state index in [1.54, 1.807) is 14.0 Å². The first-order chi connectivity index (χ1) is 8.56. The molecule has 18 heavy (non-hydrogen) atoms. The van der Waals surface area contributed by atoms with E-state index in [1.807, 2.05) is 18.2 Å². The predicted octanol–water partition coefficient (Wildman–Crippen LogP) is 2.01. The summed E-state index contributed by atoms with van der Waals surface area (Å²) in [7, 11) is 1.59. The average molecular weight is 311 g/mol. The van der Waals surface area contributed by atoms with Crippen molar-refractivity contribution in [2.75, 3.05) is 19.0 Å². The van der Waals surface area contributed by atoms with Crippen LogP contribution in [-0.4, -0.2) is 25.6 Å². The van der Waals surface area contributed by atoms with Gasteiger partial charge in [0.2, 0.25) is 5.91 Å². The maximum absolute atomic E-state index is 11.6. The molecule has 96 valence electrons. The molecule has 0 saturated heterocycles. The van der Waals surface area contributed by atoms with Crippen LogP contribution in [0.3, 0.4) is 0 Å². The molecular weight excluding hydrogens is 296 g/mol. The van der Waals surface area contributed by atoms with Gasteiger partial charge in [0.05, 0.1) is 13.7 Å². The van der Waals surface area contributed by atoms with Crippen molar-refractivity contribution in [1.29, 1.82) is 0 Å². The summed E-state index contributed by atoms with van der Waals surface area (Å²) in [5.41, 5.74) is 0.796. The number of ether oxygens (including phenoxy) is 1. The summed E-state index contributed by atoms with van der Waals surface area (Å²) in [4.78, 5) is 11.6. The van der Waals surface area contributed by atoms with Gasteiger partial charge < -0.3 is 15.4 Å². The topological polar surface area (TPSA) is 50.4 Å². The first kappa shape index (κ1) is 14.4. The van der Waals surface area contributed by atoms with Gasteiger partial charge in [0.1, 0.15) is 11.8 Å². The standard InChI is InChI=1S/C13H15BrN2O2/c1-4-5-15-13(17)9(2)16-11-6-10(14)7-12(8-11)18-3/h1,6-9,16H,5H2,2-3H3,(H,15,17). The van der Waals surface area contributed by atoms with Gasteiger partial charge in [0.25, 0.3) is 0 Å². The van der Waals surface area contributed by atoms with Crippen LogP contribution in [0.5, 0.6) is 5.75 Å². The molecule has 1 atom stereocenters. The summed E-state index contributed by atoms with van der Waals surface area (Å²) < 4.78 is 6.02. The third-order valence-electron chi connectivity index (χ3n) is 2.25. The quantitative estimate of drug-likeness (QED) is 0.818. The molecular formula is C13H15BrN2O2. The Labute approximate surface area is 115 Å². The molecule has 0 radical (unpaired) electrons. The average Bonchev–Trinajstić information content (AvgIpc) is 2.34. The van der Waals surface area contributed by atoms with Crippen molar-refractivity contribution in [3.8, 4) is 18.1 Å². The number of rotatable bonds is 5. The Balaban J connectivity index is 2.69. The number of hydrogen-bond donors (Lipinski definition) is 2. The highest BCUT2D eigenvalue weighted by molar-refractivity contribution is 9.10. The highest BCUT2D eigenvalue weighted by Gasteiger charge is 2.12. The van der Waals surface area contributed by atoms with E-state index in [4.69, 9.17) is 11.2 Å². The monoisotopic (exact) mass is 310 g/mol. The van der Waals surface area contributed by atoms with Crippen LogP contribution >= 0.6 is 15.9 Å². The molecule has 2 N–H and O–H groups in total. The normalized spacial score (nSPS) is 11.2. The van der Waals surface area contributed by atoms with E-state index in [1.165, 1.54) is 0 Å². The Hall–Kier alpha value is -1.67. The second-order valence-corrected chi connectivity index (χ2v) is 4.58. The van der Waals surface area contributed by atoms with Crippen molar-refractivity contribution in [1.82, 2.24) is 5.32 Å². The largest absolute Gasteiger partial charge is 0.497 e. The van der Waals surface area contributed by atoms with Crippen molar-refractivity contribution in [3.63, 3.8) is 0 Å². The second-order valence-electron chi connectivity index (χ2n) is 3.67. The second kappa shape index (κ2) is 6.92. The van der Waals surface area contributed by atoms with Crippen molar-refractivity contribution in [2.24, 2.45) is 0 Å². The third kappa shape index (κ3) is 4.30. The van der Waals surface area contributed by atoms with Crippen molar-refractivity contribution < 1.29 is 9.53 Å². The van der Waals surface area contributed by atoms with Gasteiger partial charge in [-0.2, -0.15) is 0 Å². The fourth-order valence-electron chi connectivity index (χ4n) is 1.37. The van der Waals surface area contributed by atoms with Crippen LogP contribution in [-0.2, 0) is 4.79 Å². The number of anilines is 1. The van der Waals surface area contributed by atoms with Crippen LogP contribution in [0, 0.1) is 12.3 Å². The van der Waals surface area contributed by atoms with Gasteiger partial charge >= 0.3 is 0 Å². The third-order valence-corrected chi connectivity index (χ3v) is 2.71. The molecule has 1 amide bonds. The van der Waals surface area contributed by atoms with Crippen LogP contribution in [0.1, 0.15) is 6.92 Å². The summed E-state index contributed by atoms with van der Waals surface area (Å²) in [5, 5.41) is 5.69. The number of carbonyl (C=O) groups is 1. The van der Waals surface area contributed by atoms with Crippen LogP contribution in [0.25, 0.3) is 0 Å². The van der Waals surface area contributed by atoms with E-state index in [-0.39, 0.29) is 18.5 Å². The Bertz CT molecular complexity index is 469. The fraction of sp³-hybridized carbons (Fsp3) is 0.308. The number of halogens is 1. The van der Waals surface area contributed by atoms with E-state index in [2.05, 4.69) is 32.5 Å². The molecule has 0 fully saturated rings. The van der Waals surface area contributed by atoms with Crippen LogP contribution in [0.15, 0.2) is 22.7 Å². The van der Waals surface area contributed by atoms with Crippen LogP contribution < -0.4 is 15.4 Å². The highest BCUT2D eigenvalue weighted by atomic mass is 79.9. The molecule has 1 aromatic carbocycles. The maximum Gasteiger partial charge on any atom is 0.242 e. The molecule has 1 rings (SSSR count). The number of amides is 1. The molecule has 0 bridgehead atoms. The lowest BCUT2D eigenvalue weighted by Crippen LogP contribution is -2.37. The number of hydrogen-bond acceptors (Lipinski definition) is 3. The van der Waals surface area contributed by atoms with Gasteiger partial charge in [-0.25, -0.2) is 0 Å². The molecule has 0 aliphatic rings. The van der Waals surface area contributed by atoms with Crippen LogP contribution in [0.2, 0.25) is 0 Å². The predicted molar refractivity (Wildman–Crippen MR) is 75.6 cm³/mol. The Morgan fingerprint density at radius 1 is 1.56 bits per heavy atom. The van der Waals surface area contributed by atoms with Crippen molar-refractivity contribution in [3.05, 3.63) is 22.7 Å². The van der Waals surface area contributed by atoms with Gasteiger partial charge in [-0.05, 0) is 19.1 Å². The molecule has 0 heterocycles. The van der Waals surface area contributed by atoms with Crippen molar-refractivity contribution in [2.45, 2.75) is 13.0 Å². The van der Waals surface area contributed by atoms with Gasteiger partial charge in [-0.3, -0.25) is 4.79 Å². The number of nitrogens with one attached hydrogen (secondary N) is 2. The zero-order valence-corrected chi connectivity index (χ0v) is 11.9. The van der Waals surface area contributed by atoms with Gasteiger partial charge in [-0.15, -0.1) is 6.42 Å². The maximum atomic E-state index is 11.6. The fourth-order valence-corrected chi connectivity index (χ4v) is 1.84. The first-order valence-electron chi connectivity index (χ1n) is 5.39. The number of benzene rings is 1. The molecule has 0 aliphatic heterocycles. The number of carbonyl (C=O) groups excluding carboxylic acids is 1. The van der Waals surface area contributed by atoms with Gasteiger partial charge in [-0.1, -0.05) is 21.9 Å². The Morgan fingerprint density at radius 3 is 2.89 bits per heavy atom. The molecule has 0 saturated carbocycles. The molecule has 0 aliphatic carbocycles. The lowest BCUT2D eigenvalue weighted by molar-refractivity contribution is -0.121. The summed E-state index contributed by atoms with van der Waals surface area (Å²) in [5.74, 6) is 2.92. The molecule has 1 unspecified atom stereocenters. The van der Waals surface area contributed by atoms with E-state index >= 15 is 0 Å². The molecule has 1 aromatic rings. The Morgan fingerprint density at radius 2 is 2.28 bits per heavy atom. The van der Waals surface area contributed by atoms with E-state index in [0.29, 0.717) is 5.75 Å².